The van der Waals surface area contributed by atoms with Gasteiger partial charge in [0.1, 0.15) is 13.2 Å². The fraction of sp³-hybridized carbons (Fsp3) is 0.174. The van der Waals surface area contributed by atoms with Crippen molar-refractivity contribution in [3.63, 3.8) is 0 Å². The summed E-state index contributed by atoms with van der Waals surface area (Å²) in [5.41, 5.74) is 2.31. The van der Waals surface area contributed by atoms with E-state index in [-0.39, 0.29) is 0 Å². The van der Waals surface area contributed by atoms with Crippen LogP contribution in [0.5, 0.6) is 23.0 Å². The highest BCUT2D eigenvalue weighted by atomic mass is 16.5. The van der Waals surface area contributed by atoms with Crippen LogP contribution < -0.4 is 18.9 Å². The van der Waals surface area contributed by atoms with Gasteiger partial charge in [-0.05, 0) is 17.2 Å². The van der Waals surface area contributed by atoms with Crippen molar-refractivity contribution in [1.29, 1.82) is 0 Å². The number of ether oxygens (including phenoxy) is 4. The normalized spacial score (nSPS) is 10.2. The van der Waals surface area contributed by atoms with Crippen molar-refractivity contribution >= 4 is 6.29 Å². The van der Waals surface area contributed by atoms with Crippen LogP contribution in [0, 0.1) is 0 Å². The first-order chi connectivity index (χ1) is 13.8. The van der Waals surface area contributed by atoms with Crippen LogP contribution >= 0.6 is 0 Å². The number of carbonyl (C=O) groups is 1. The second-order valence-electron chi connectivity index (χ2n) is 6.03. The third kappa shape index (κ3) is 4.43. The lowest BCUT2D eigenvalue weighted by Crippen LogP contribution is -2.05. The van der Waals surface area contributed by atoms with E-state index >= 15 is 0 Å². The van der Waals surface area contributed by atoms with Crippen molar-refractivity contribution in [2.45, 2.75) is 13.2 Å². The molecule has 0 saturated heterocycles. The molecular formula is C23H22O5. The maximum atomic E-state index is 11.7. The Morgan fingerprint density at radius 3 is 1.75 bits per heavy atom. The molecule has 0 aliphatic heterocycles. The number of aldehydes is 1. The largest absolute Gasteiger partial charge is 0.490 e. The molecule has 0 aromatic heterocycles. The van der Waals surface area contributed by atoms with Crippen LogP contribution in [0.15, 0.2) is 66.7 Å². The highest BCUT2D eigenvalue weighted by Gasteiger charge is 2.22. The summed E-state index contributed by atoms with van der Waals surface area (Å²) >= 11 is 0. The smallest absolute Gasteiger partial charge is 0.208 e. The molecule has 144 valence electrons. The van der Waals surface area contributed by atoms with Crippen molar-refractivity contribution in [2.24, 2.45) is 0 Å². The molecule has 0 bridgehead atoms. The molecule has 3 aromatic rings. The average Bonchev–Trinajstić information content (AvgIpc) is 2.76. The highest BCUT2D eigenvalue weighted by molar-refractivity contribution is 5.84. The molecule has 0 saturated carbocycles. The minimum absolute atomic E-state index is 0.297. The molecule has 0 unspecified atom stereocenters. The molecule has 0 fully saturated rings. The summed E-state index contributed by atoms with van der Waals surface area (Å²) < 4.78 is 22.8. The molecule has 0 amide bonds. The van der Waals surface area contributed by atoms with Gasteiger partial charge >= 0.3 is 0 Å². The molecule has 28 heavy (non-hydrogen) atoms. The summed E-state index contributed by atoms with van der Waals surface area (Å²) in [6.45, 7) is 0.633. The molecule has 0 aliphatic carbocycles. The first-order valence-corrected chi connectivity index (χ1v) is 8.84. The van der Waals surface area contributed by atoms with Crippen molar-refractivity contribution < 1.29 is 23.7 Å². The van der Waals surface area contributed by atoms with Crippen LogP contribution in [0.1, 0.15) is 21.5 Å². The third-order valence-electron chi connectivity index (χ3n) is 4.18. The van der Waals surface area contributed by atoms with E-state index < -0.39 is 0 Å². The maximum Gasteiger partial charge on any atom is 0.208 e. The lowest BCUT2D eigenvalue weighted by Gasteiger charge is -2.19. The summed E-state index contributed by atoms with van der Waals surface area (Å²) in [5.74, 6) is 1.45. The lowest BCUT2D eigenvalue weighted by atomic mass is 10.1. The van der Waals surface area contributed by atoms with Gasteiger partial charge in [-0.25, -0.2) is 0 Å². The Hall–Kier alpha value is -3.47. The second-order valence-corrected chi connectivity index (χ2v) is 6.03. The van der Waals surface area contributed by atoms with Crippen molar-refractivity contribution in [3.8, 4) is 23.0 Å². The lowest BCUT2D eigenvalue weighted by molar-refractivity contribution is 0.111. The zero-order chi connectivity index (χ0) is 19.8. The molecule has 3 aromatic carbocycles. The monoisotopic (exact) mass is 378 g/mol. The number of rotatable bonds is 9. The van der Waals surface area contributed by atoms with Crippen molar-refractivity contribution in [1.82, 2.24) is 0 Å². The Balaban J connectivity index is 1.90. The van der Waals surface area contributed by atoms with Gasteiger partial charge in [-0.1, -0.05) is 60.7 Å². The van der Waals surface area contributed by atoms with Gasteiger partial charge in [-0.3, -0.25) is 4.79 Å². The minimum Gasteiger partial charge on any atom is -0.490 e. The molecule has 0 aliphatic rings. The van der Waals surface area contributed by atoms with Gasteiger partial charge in [0.2, 0.25) is 11.5 Å². The van der Waals surface area contributed by atoms with Crippen LogP contribution in [0.3, 0.4) is 0 Å². The van der Waals surface area contributed by atoms with Gasteiger partial charge in [0.25, 0.3) is 0 Å². The second kappa shape index (κ2) is 9.46. The van der Waals surface area contributed by atoms with Gasteiger partial charge in [-0.2, -0.15) is 0 Å². The Morgan fingerprint density at radius 1 is 0.714 bits per heavy atom. The number of carbonyl (C=O) groups excluding carboxylic acids is 1. The zero-order valence-electron chi connectivity index (χ0n) is 15.9. The van der Waals surface area contributed by atoms with E-state index in [1.54, 1.807) is 6.07 Å². The molecule has 0 N–H and O–H groups in total. The van der Waals surface area contributed by atoms with Crippen LogP contribution in [0.2, 0.25) is 0 Å². The van der Waals surface area contributed by atoms with Gasteiger partial charge in [0, 0.05) is 0 Å². The van der Waals surface area contributed by atoms with E-state index in [1.165, 1.54) is 14.2 Å². The molecule has 5 heteroatoms. The fourth-order valence-corrected chi connectivity index (χ4v) is 2.81. The molecular weight excluding hydrogens is 356 g/mol. The quantitative estimate of drug-likeness (QED) is 0.506. The van der Waals surface area contributed by atoms with Gasteiger partial charge < -0.3 is 18.9 Å². The third-order valence-corrected chi connectivity index (χ3v) is 4.18. The molecule has 0 radical (unpaired) electrons. The Morgan fingerprint density at radius 2 is 1.25 bits per heavy atom. The molecule has 3 rings (SSSR count). The summed E-state index contributed by atoms with van der Waals surface area (Å²) in [4.78, 5) is 11.7. The Labute approximate surface area is 164 Å². The molecule has 0 heterocycles. The van der Waals surface area contributed by atoms with Crippen LogP contribution in [0.25, 0.3) is 0 Å². The molecule has 5 nitrogen and oxygen atoms in total. The standard InChI is InChI=1S/C23H22O5/c1-25-22-20(27-15-17-9-5-3-6-10-17)13-19(14-24)21(23(22)26-2)28-16-18-11-7-4-8-12-18/h3-14H,15-16H2,1-2H3. The SMILES string of the molecule is COc1c(OCc2ccccc2)cc(C=O)c(OCc2ccccc2)c1OC. The Bertz CT molecular complexity index is 907. The van der Waals surface area contributed by atoms with E-state index in [4.69, 9.17) is 18.9 Å². The van der Waals surface area contributed by atoms with Gasteiger partial charge in [0.15, 0.2) is 17.8 Å². The van der Waals surface area contributed by atoms with Gasteiger partial charge in [-0.15, -0.1) is 0 Å². The summed E-state index contributed by atoms with van der Waals surface area (Å²) in [7, 11) is 3.03. The van der Waals surface area contributed by atoms with E-state index in [0.717, 1.165) is 17.4 Å². The predicted octanol–water partition coefficient (Wildman–Crippen LogP) is 4.67. The van der Waals surface area contributed by atoms with Crippen LogP contribution in [0.4, 0.5) is 0 Å². The predicted molar refractivity (Wildman–Crippen MR) is 106 cm³/mol. The number of benzene rings is 3. The fourth-order valence-electron chi connectivity index (χ4n) is 2.81. The summed E-state index contributed by atoms with van der Waals surface area (Å²) in [6, 6.07) is 21.0. The van der Waals surface area contributed by atoms with E-state index in [2.05, 4.69) is 0 Å². The number of methoxy groups -OCH3 is 2. The van der Waals surface area contributed by atoms with Crippen LogP contribution in [-0.2, 0) is 13.2 Å². The topological polar surface area (TPSA) is 54.0 Å². The zero-order valence-corrected chi connectivity index (χ0v) is 15.9. The highest BCUT2D eigenvalue weighted by Crippen LogP contribution is 2.46. The first-order valence-electron chi connectivity index (χ1n) is 8.84. The van der Waals surface area contributed by atoms with Crippen molar-refractivity contribution in [3.05, 3.63) is 83.4 Å². The minimum atomic E-state index is 0.297. The van der Waals surface area contributed by atoms with E-state index in [0.29, 0.717) is 41.8 Å². The molecule has 0 spiro atoms. The Kier molecular flexibility index (Phi) is 6.52. The van der Waals surface area contributed by atoms with E-state index in [9.17, 15) is 4.79 Å². The van der Waals surface area contributed by atoms with Crippen LogP contribution in [-0.4, -0.2) is 20.5 Å². The number of hydrogen-bond donors (Lipinski definition) is 0. The maximum absolute atomic E-state index is 11.7. The summed E-state index contributed by atoms with van der Waals surface area (Å²) in [6.07, 6.45) is 0.720. The first kappa shape index (κ1) is 19.3. The van der Waals surface area contributed by atoms with Crippen molar-refractivity contribution in [2.75, 3.05) is 14.2 Å². The molecule has 0 atom stereocenters. The number of hydrogen-bond acceptors (Lipinski definition) is 5. The van der Waals surface area contributed by atoms with Gasteiger partial charge in [0.05, 0.1) is 19.8 Å². The average molecular weight is 378 g/mol. The van der Waals surface area contributed by atoms with E-state index in [1.807, 2.05) is 60.7 Å². The summed E-state index contributed by atoms with van der Waals surface area (Å²) in [5, 5.41) is 0.